The number of para-hydroxylation sites is 1. The predicted molar refractivity (Wildman–Crippen MR) is 91.1 cm³/mol. The van der Waals surface area contributed by atoms with Gasteiger partial charge in [-0.1, -0.05) is 25.1 Å². The Morgan fingerprint density at radius 2 is 1.87 bits per heavy atom. The molecule has 23 heavy (non-hydrogen) atoms. The molecule has 1 aromatic carbocycles. The van der Waals surface area contributed by atoms with Crippen molar-refractivity contribution in [2.24, 2.45) is 17.8 Å². The van der Waals surface area contributed by atoms with Gasteiger partial charge < -0.3 is 10.2 Å². The SMILES string of the molecule is Cc1cccc(C)c1NC(=O)C1CC1C(=O)N1CCCC(C)C1. The summed E-state index contributed by atoms with van der Waals surface area (Å²) in [6, 6.07) is 5.97. The van der Waals surface area contributed by atoms with Crippen LogP contribution < -0.4 is 5.32 Å². The molecule has 3 unspecified atom stereocenters. The molecule has 1 aromatic rings. The van der Waals surface area contributed by atoms with Gasteiger partial charge in [0.25, 0.3) is 0 Å². The van der Waals surface area contributed by atoms with E-state index in [9.17, 15) is 9.59 Å². The zero-order valence-corrected chi connectivity index (χ0v) is 14.3. The fourth-order valence-corrected chi connectivity index (χ4v) is 3.61. The molecular formula is C19H26N2O2. The Bertz CT molecular complexity index is 606. The van der Waals surface area contributed by atoms with Crippen LogP contribution in [0.5, 0.6) is 0 Å². The quantitative estimate of drug-likeness (QED) is 0.932. The van der Waals surface area contributed by atoms with Gasteiger partial charge in [-0.25, -0.2) is 0 Å². The zero-order valence-electron chi connectivity index (χ0n) is 14.3. The van der Waals surface area contributed by atoms with Crippen molar-refractivity contribution in [3.63, 3.8) is 0 Å². The Balaban J connectivity index is 1.59. The molecule has 4 nitrogen and oxygen atoms in total. The molecule has 4 heteroatoms. The van der Waals surface area contributed by atoms with Crippen LogP contribution in [0.2, 0.25) is 0 Å². The molecule has 1 aliphatic heterocycles. The van der Waals surface area contributed by atoms with Crippen LogP contribution in [0.15, 0.2) is 18.2 Å². The summed E-state index contributed by atoms with van der Waals surface area (Å²) in [5.74, 6) is 0.487. The Hall–Kier alpha value is -1.84. The van der Waals surface area contributed by atoms with Gasteiger partial charge in [0, 0.05) is 18.8 Å². The first-order valence-electron chi connectivity index (χ1n) is 8.63. The standard InChI is InChI=1S/C19H26N2O2/c1-12-6-5-9-21(11-12)19(23)16-10-15(16)18(22)20-17-13(2)7-4-8-14(17)3/h4,7-8,12,15-16H,5-6,9-11H2,1-3H3,(H,20,22). The van der Waals surface area contributed by atoms with Gasteiger partial charge in [-0.15, -0.1) is 0 Å². The lowest BCUT2D eigenvalue weighted by Gasteiger charge is -2.31. The van der Waals surface area contributed by atoms with Gasteiger partial charge in [-0.2, -0.15) is 0 Å². The van der Waals surface area contributed by atoms with Crippen molar-refractivity contribution in [3.05, 3.63) is 29.3 Å². The number of carbonyl (C=O) groups is 2. The van der Waals surface area contributed by atoms with E-state index in [-0.39, 0.29) is 23.7 Å². The van der Waals surface area contributed by atoms with Crippen molar-refractivity contribution in [2.75, 3.05) is 18.4 Å². The number of hydrogen-bond acceptors (Lipinski definition) is 2. The van der Waals surface area contributed by atoms with E-state index in [2.05, 4.69) is 12.2 Å². The second-order valence-corrected chi connectivity index (χ2v) is 7.24. The molecule has 0 aromatic heterocycles. The molecule has 124 valence electrons. The summed E-state index contributed by atoms with van der Waals surface area (Å²) < 4.78 is 0. The summed E-state index contributed by atoms with van der Waals surface area (Å²) in [4.78, 5) is 27.0. The maximum Gasteiger partial charge on any atom is 0.228 e. The number of nitrogens with zero attached hydrogens (tertiary/aromatic N) is 1. The van der Waals surface area contributed by atoms with E-state index in [1.165, 1.54) is 6.42 Å². The molecule has 0 radical (unpaired) electrons. The van der Waals surface area contributed by atoms with E-state index in [0.29, 0.717) is 12.3 Å². The predicted octanol–water partition coefficient (Wildman–Crippen LogP) is 3.14. The van der Waals surface area contributed by atoms with Gasteiger partial charge in [0.05, 0.1) is 11.8 Å². The Morgan fingerprint density at radius 3 is 2.52 bits per heavy atom. The summed E-state index contributed by atoms with van der Waals surface area (Å²) in [6.45, 7) is 7.88. The molecule has 1 saturated heterocycles. The minimum Gasteiger partial charge on any atom is -0.342 e. The molecule has 1 N–H and O–H groups in total. The van der Waals surface area contributed by atoms with Crippen LogP contribution >= 0.6 is 0 Å². The number of hydrogen-bond donors (Lipinski definition) is 1. The fraction of sp³-hybridized carbons (Fsp3) is 0.579. The van der Waals surface area contributed by atoms with E-state index >= 15 is 0 Å². The maximum absolute atomic E-state index is 12.6. The third-order valence-corrected chi connectivity index (χ3v) is 5.14. The van der Waals surface area contributed by atoms with Crippen LogP contribution in [-0.4, -0.2) is 29.8 Å². The molecular weight excluding hydrogens is 288 g/mol. The van der Waals surface area contributed by atoms with E-state index < -0.39 is 0 Å². The highest BCUT2D eigenvalue weighted by Crippen LogP contribution is 2.41. The third kappa shape index (κ3) is 3.41. The van der Waals surface area contributed by atoms with Crippen LogP contribution in [0, 0.1) is 31.6 Å². The summed E-state index contributed by atoms with van der Waals surface area (Å²) in [7, 11) is 0. The topological polar surface area (TPSA) is 49.4 Å². The van der Waals surface area contributed by atoms with Gasteiger partial charge in [-0.05, 0) is 50.2 Å². The zero-order chi connectivity index (χ0) is 16.6. The lowest BCUT2D eigenvalue weighted by atomic mass is 10.00. The number of aryl methyl sites for hydroxylation is 2. The van der Waals surface area contributed by atoms with E-state index in [4.69, 9.17) is 0 Å². The molecule has 1 heterocycles. The van der Waals surface area contributed by atoms with E-state index in [0.717, 1.165) is 36.3 Å². The number of amides is 2. The van der Waals surface area contributed by atoms with Crippen LogP contribution in [0.3, 0.4) is 0 Å². The van der Waals surface area contributed by atoms with Crippen LogP contribution in [0.1, 0.15) is 37.3 Å². The van der Waals surface area contributed by atoms with Crippen molar-refractivity contribution in [1.29, 1.82) is 0 Å². The molecule has 3 atom stereocenters. The third-order valence-electron chi connectivity index (χ3n) is 5.14. The highest BCUT2D eigenvalue weighted by Gasteiger charge is 2.49. The lowest BCUT2D eigenvalue weighted by molar-refractivity contribution is -0.135. The van der Waals surface area contributed by atoms with Crippen molar-refractivity contribution < 1.29 is 9.59 Å². The monoisotopic (exact) mass is 314 g/mol. The Labute approximate surface area is 138 Å². The second-order valence-electron chi connectivity index (χ2n) is 7.24. The van der Waals surface area contributed by atoms with Gasteiger partial charge in [0.2, 0.25) is 11.8 Å². The molecule has 0 bridgehead atoms. The van der Waals surface area contributed by atoms with E-state index in [1.807, 2.05) is 36.9 Å². The smallest absolute Gasteiger partial charge is 0.228 e. The van der Waals surface area contributed by atoms with Gasteiger partial charge in [0.15, 0.2) is 0 Å². The summed E-state index contributed by atoms with van der Waals surface area (Å²) in [5, 5.41) is 3.03. The van der Waals surface area contributed by atoms with Crippen molar-refractivity contribution >= 4 is 17.5 Å². The Morgan fingerprint density at radius 1 is 1.17 bits per heavy atom. The molecule has 3 rings (SSSR count). The number of piperidine rings is 1. The van der Waals surface area contributed by atoms with Crippen molar-refractivity contribution in [2.45, 2.75) is 40.0 Å². The number of benzene rings is 1. The first kappa shape index (κ1) is 16.0. The number of likely N-dealkylation sites (tertiary alicyclic amines) is 1. The first-order valence-corrected chi connectivity index (χ1v) is 8.63. The number of carbonyl (C=O) groups excluding carboxylic acids is 2. The first-order chi connectivity index (χ1) is 11.0. The highest BCUT2D eigenvalue weighted by molar-refractivity contribution is 6.00. The number of anilines is 1. The van der Waals surface area contributed by atoms with Crippen LogP contribution in [0.4, 0.5) is 5.69 Å². The number of nitrogens with one attached hydrogen (secondary N) is 1. The molecule has 0 spiro atoms. The minimum absolute atomic E-state index is 0.00851. The van der Waals surface area contributed by atoms with Crippen LogP contribution in [-0.2, 0) is 9.59 Å². The minimum atomic E-state index is -0.154. The van der Waals surface area contributed by atoms with Crippen molar-refractivity contribution in [3.8, 4) is 0 Å². The largest absolute Gasteiger partial charge is 0.342 e. The molecule has 1 aliphatic carbocycles. The van der Waals surface area contributed by atoms with Gasteiger partial charge in [0.1, 0.15) is 0 Å². The fourth-order valence-electron chi connectivity index (χ4n) is 3.61. The summed E-state index contributed by atoms with van der Waals surface area (Å²) in [5.41, 5.74) is 3.01. The molecule has 2 aliphatic rings. The van der Waals surface area contributed by atoms with Gasteiger partial charge in [-0.3, -0.25) is 9.59 Å². The average molecular weight is 314 g/mol. The molecule has 2 amide bonds. The Kier molecular flexibility index (Phi) is 4.42. The lowest BCUT2D eigenvalue weighted by Crippen LogP contribution is -2.40. The molecule has 1 saturated carbocycles. The maximum atomic E-state index is 12.6. The molecule has 2 fully saturated rings. The summed E-state index contributed by atoms with van der Waals surface area (Å²) in [6.07, 6.45) is 2.98. The second kappa shape index (κ2) is 6.34. The highest BCUT2D eigenvalue weighted by atomic mass is 16.2. The normalized spacial score (nSPS) is 26.7. The average Bonchev–Trinajstić information content (AvgIpc) is 3.31. The van der Waals surface area contributed by atoms with E-state index in [1.54, 1.807) is 0 Å². The van der Waals surface area contributed by atoms with Crippen LogP contribution in [0.25, 0.3) is 0 Å². The van der Waals surface area contributed by atoms with Gasteiger partial charge >= 0.3 is 0 Å². The van der Waals surface area contributed by atoms with Crippen molar-refractivity contribution in [1.82, 2.24) is 4.90 Å². The summed E-state index contributed by atoms with van der Waals surface area (Å²) >= 11 is 0. The number of rotatable bonds is 3.